The average Bonchev–Trinajstić information content (AvgIpc) is 2.75. The maximum atomic E-state index is 13.1. The Bertz CT molecular complexity index is 1050. The summed E-state index contributed by atoms with van der Waals surface area (Å²) in [6.07, 6.45) is 7.41. The van der Waals surface area contributed by atoms with E-state index in [1.807, 2.05) is 36.8 Å². The van der Waals surface area contributed by atoms with Crippen LogP contribution in [-0.2, 0) is 13.1 Å². The first-order valence-electron chi connectivity index (χ1n) is 9.18. The van der Waals surface area contributed by atoms with E-state index >= 15 is 0 Å². The molecule has 3 nitrogen and oxygen atoms in total. The van der Waals surface area contributed by atoms with Crippen LogP contribution in [0.2, 0.25) is 0 Å². The van der Waals surface area contributed by atoms with Crippen molar-refractivity contribution in [1.82, 2.24) is 15.3 Å². The minimum Gasteiger partial charge on any atom is -0.309 e. The van der Waals surface area contributed by atoms with Gasteiger partial charge in [0, 0.05) is 49.0 Å². The van der Waals surface area contributed by atoms with Crippen LogP contribution in [0.25, 0.3) is 22.3 Å². The van der Waals surface area contributed by atoms with Crippen molar-refractivity contribution >= 4 is 0 Å². The molecule has 2 aromatic heterocycles. The van der Waals surface area contributed by atoms with Crippen molar-refractivity contribution in [3.8, 4) is 22.3 Å². The van der Waals surface area contributed by atoms with Crippen molar-refractivity contribution < 1.29 is 4.39 Å². The second-order valence-corrected chi connectivity index (χ2v) is 6.64. The molecule has 0 radical (unpaired) electrons. The van der Waals surface area contributed by atoms with Gasteiger partial charge in [-0.25, -0.2) is 4.39 Å². The van der Waals surface area contributed by atoms with Gasteiger partial charge in [-0.1, -0.05) is 42.5 Å². The highest BCUT2D eigenvalue weighted by atomic mass is 19.1. The van der Waals surface area contributed by atoms with E-state index in [1.54, 1.807) is 18.3 Å². The first-order chi connectivity index (χ1) is 13.8. The Kier molecular flexibility index (Phi) is 5.50. The Labute approximate surface area is 163 Å². The molecule has 0 aliphatic rings. The zero-order valence-electron chi connectivity index (χ0n) is 15.3. The SMILES string of the molecule is Fc1ccc(-c2cncc(CNCc3cncc(-c4ccccc4)c3)c2)cc1. The van der Waals surface area contributed by atoms with Crippen LogP contribution in [0.15, 0.2) is 91.5 Å². The van der Waals surface area contributed by atoms with Crippen molar-refractivity contribution in [2.45, 2.75) is 13.1 Å². The number of aromatic nitrogens is 2. The minimum absolute atomic E-state index is 0.235. The van der Waals surface area contributed by atoms with Gasteiger partial charge in [0.25, 0.3) is 0 Å². The van der Waals surface area contributed by atoms with Crippen molar-refractivity contribution in [1.29, 1.82) is 0 Å². The average molecular weight is 369 g/mol. The molecule has 0 saturated carbocycles. The summed E-state index contributed by atoms with van der Waals surface area (Å²) in [5, 5.41) is 3.44. The molecule has 138 valence electrons. The zero-order chi connectivity index (χ0) is 19.2. The van der Waals surface area contributed by atoms with Crippen molar-refractivity contribution in [2.75, 3.05) is 0 Å². The Morgan fingerprint density at radius 3 is 1.71 bits per heavy atom. The molecule has 0 bridgehead atoms. The molecule has 4 rings (SSSR count). The smallest absolute Gasteiger partial charge is 0.123 e. The van der Waals surface area contributed by atoms with E-state index in [4.69, 9.17) is 0 Å². The molecule has 0 unspecified atom stereocenters. The lowest BCUT2D eigenvalue weighted by Gasteiger charge is -2.08. The third kappa shape index (κ3) is 4.48. The highest BCUT2D eigenvalue weighted by Gasteiger charge is 2.03. The molecule has 0 amide bonds. The molecular weight excluding hydrogens is 349 g/mol. The van der Waals surface area contributed by atoms with E-state index in [9.17, 15) is 4.39 Å². The minimum atomic E-state index is -0.235. The first kappa shape index (κ1) is 18.0. The normalized spacial score (nSPS) is 10.8. The fourth-order valence-corrected chi connectivity index (χ4v) is 3.11. The van der Waals surface area contributed by atoms with Gasteiger partial charge >= 0.3 is 0 Å². The van der Waals surface area contributed by atoms with Gasteiger partial charge in [0.05, 0.1) is 0 Å². The third-order valence-corrected chi connectivity index (χ3v) is 4.53. The van der Waals surface area contributed by atoms with Crippen molar-refractivity contribution in [3.05, 3.63) is 108 Å². The molecular formula is C24H20FN3. The van der Waals surface area contributed by atoms with E-state index < -0.39 is 0 Å². The summed E-state index contributed by atoms with van der Waals surface area (Å²) in [7, 11) is 0. The summed E-state index contributed by atoms with van der Waals surface area (Å²) in [5.41, 5.74) is 6.41. The van der Waals surface area contributed by atoms with Gasteiger partial charge in [0.1, 0.15) is 5.82 Å². The zero-order valence-corrected chi connectivity index (χ0v) is 15.3. The summed E-state index contributed by atoms with van der Waals surface area (Å²) < 4.78 is 13.1. The standard InChI is InChI=1S/C24H20FN3/c25-24-8-6-21(7-9-24)23-11-19(15-28-17-23)13-26-12-18-10-22(16-27-14-18)20-4-2-1-3-5-20/h1-11,14-17,26H,12-13H2. The van der Waals surface area contributed by atoms with Gasteiger partial charge in [-0.05, 0) is 46.5 Å². The van der Waals surface area contributed by atoms with Crippen LogP contribution >= 0.6 is 0 Å². The number of nitrogens with zero attached hydrogens (tertiary/aromatic N) is 2. The second-order valence-electron chi connectivity index (χ2n) is 6.64. The van der Waals surface area contributed by atoms with Crippen molar-refractivity contribution in [2.24, 2.45) is 0 Å². The molecule has 0 atom stereocenters. The van der Waals surface area contributed by atoms with Crippen molar-refractivity contribution in [3.63, 3.8) is 0 Å². The lowest BCUT2D eigenvalue weighted by atomic mass is 10.1. The van der Waals surface area contributed by atoms with Gasteiger partial charge in [0.2, 0.25) is 0 Å². The number of halogens is 1. The number of hydrogen-bond acceptors (Lipinski definition) is 3. The Morgan fingerprint density at radius 2 is 1.14 bits per heavy atom. The number of hydrogen-bond donors (Lipinski definition) is 1. The summed E-state index contributed by atoms with van der Waals surface area (Å²) in [4.78, 5) is 8.68. The maximum Gasteiger partial charge on any atom is 0.123 e. The fraction of sp³-hybridized carbons (Fsp3) is 0.0833. The summed E-state index contributed by atoms with van der Waals surface area (Å²) >= 11 is 0. The van der Waals surface area contributed by atoms with E-state index in [0.717, 1.165) is 33.4 Å². The van der Waals surface area contributed by atoms with Gasteiger partial charge < -0.3 is 5.32 Å². The van der Waals surface area contributed by atoms with E-state index in [0.29, 0.717) is 13.1 Å². The summed E-state index contributed by atoms with van der Waals surface area (Å²) in [5.74, 6) is -0.235. The Balaban J connectivity index is 1.40. The van der Waals surface area contributed by atoms with Gasteiger partial charge in [-0.3, -0.25) is 9.97 Å². The molecule has 28 heavy (non-hydrogen) atoms. The van der Waals surface area contributed by atoms with E-state index in [-0.39, 0.29) is 5.82 Å². The molecule has 4 aromatic rings. The highest BCUT2D eigenvalue weighted by molar-refractivity contribution is 5.63. The van der Waals surface area contributed by atoms with Gasteiger partial charge in [-0.15, -0.1) is 0 Å². The Hall–Kier alpha value is -3.37. The predicted octanol–water partition coefficient (Wildman–Crippen LogP) is 5.24. The van der Waals surface area contributed by atoms with Crippen LogP contribution in [0.3, 0.4) is 0 Å². The number of pyridine rings is 2. The van der Waals surface area contributed by atoms with Crippen LogP contribution in [0.5, 0.6) is 0 Å². The molecule has 0 aliphatic carbocycles. The third-order valence-electron chi connectivity index (χ3n) is 4.53. The van der Waals surface area contributed by atoms with E-state index in [1.165, 1.54) is 12.1 Å². The maximum absolute atomic E-state index is 13.1. The lowest BCUT2D eigenvalue weighted by Crippen LogP contribution is -2.13. The topological polar surface area (TPSA) is 37.8 Å². The predicted molar refractivity (Wildman–Crippen MR) is 110 cm³/mol. The van der Waals surface area contributed by atoms with E-state index in [2.05, 4.69) is 39.6 Å². The molecule has 0 fully saturated rings. The largest absolute Gasteiger partial charge is 0.309 e. The molecule has 1 N–H and O–H groups in total. The summed E-state index contributed by atoms with van der Waals surface area (Å²) in [6, 6.07) is 20.9. The first-order valence-corrected chi connectivity index (χ1v) is 9.18. The van der Waals surface area contributed by atoms with Crippen LogP contribution in [0.1, 0.15) is 11.1 Å². The van der Waals surface area contributed by atoms with Gasteiger partial charge in [-0.2, -0.15) is 0 Å². The molecule has 4 heteroatoms. The molecule has 0 spiro atoms. The number of nitrogens with one attached hydrogen (secondary N) is 1. The molecule has 0 aliphatic heterocycles. The molecule has 2 aromatic carbocycles. The fourth-order valence-electron chi connectivity index (χ4n) is 3.11. The van der Waals surface area contributed by atoms with Crippen LogP contribution in [0.4, 0.5) is 4.39 Å². The quantitative estimate of drug-likeness (QED) is 0.505. The molecule has 2 heterocycles. The lowest BCUT2D eigenvalue weighted by molar-refractivity contribution is 0.628. The number of rotatable bonds is 6. The van der Waals surface area contributed by atoms with Gasteiger partial charge in [0.15, 0.2) is 0 Å². The number of benzene rings is 2. The van der Waals surface area contributed by atoms with Crippen LogP contribution in [-0.4, -0.2) is 9.97 Å². The molecule has 0 saturated heterocycles. The Morgan fingerprint density at radius 1 is 0.607 bits per heavy atom. The summed E-state index contributed by atoms with van der Waals surface area (Å²) in [6.45, 7) is 1.41. The second kappa shape index (κ2) is 8.55. The van der Waals surface area contributed by atoms with Crippen LogP contribution < -0.4 is 5.32 Å². The monoisotopic (exact) mass is 369 g/mol. The highest BCUT2D eigenvalue weighted by Crippen LogP contribution is 2.20. The van der Waals surface area contributed by atoms with Crippen LogP contribution in [0, 0.1) is 5.82 Å².